The van der Waals surface area contributed by atoms with E-state index in [4.69, 9.17) is 5.84 Å². The molecule has 0 aromatic carbocycles. The van der Waals surface area contributed by atoms with Gasteiger partial charge in [0.15, 0.2) is 5.82 Å². The average Bonchev–Trinajstić information content (AvgIpc) is 2.46. The van der Waals surface area contributed by atoms with Crippen LogP contribution in [0.1, 0.15) is 16.2 Å². The number of hydrogen-bond acceptors (Lipinski definition) is 7. The van der Waals surface area contributed by atoms with Crippen molar-refractivity contribution in [1.29, 1.82) is 0 Å². The number of anilines is 1. The van der Waals surface area contributed by atoms with Crippen LogP contribution in [0.15, 0.2) is 30.7 Å². The summed E-state index contributed by atoms with van der Waals surface area (Å²) >= 11 is 0. The minimum Gasteiger partial charge on any atom is -0.345 e. The van der Waals surface area contributed by atoms with Crippen LogP contribution in [-0.4, -0.2) is 26.1 Å². The monoisotopic (exact) mass is 245 g/mol. The van der Waals surface area contributed by atoms with Gasteiger partial charge in [-0.15, -0.1) is 0 Å². The second-order valence-corrected chi connectivity index (χ2v) is 3.33. The number of hydrazine groups is 1. The van der Waals surface area contributed by atoms with Gasteiger partial charge in [-0.25, -0.2) is 10.8 Å². The van der Waals surface area contributed by atoms with Crippen molar-refractivity contribution in [3.8, 4) is 0 Å². The molecule has 2 heterocycles. The molecule has 0 aliphatic heterocycles. The van der Waals surface area contributed by atoms with Crippen molar-refractivity contribution in [2.24, 2.45) is 5.84 Å². The first-order valence-corrected chi connectivity index (χ1v) is 5.13. The maximum absolute atomic E-state index is 11.8. The van der Waals surface area contributed by atoms with Crippen LogP contribution in [0.4, 0.5) is 5.82 Å². The molecule has 8 nitrogen and oxygen atoms in total. The molecule has 0 radical (unpaired) electrons. The van der Waals surface area contributed by atoms with Crippen molar-refractivity contribution >= 4 is 11.7 Å². The first-order chi connectivity index (χ1) is 8.79. The Bertz CT molecular complexity index is 531. The van der Waals surface area contributed by atoms with Crippen molar-refractivity contribution < 1.29 is 4.79 Å². The first kappa shape index (κ1) is 11.9. The molecular weight excluding hydrogens is 234 g/mol. The summed E-state index contributed by atoms with van der Waals surface area (Å²) in [6.45, 7) is 0.272. The van der Waals surface area contributed by atoms with Crippen LogP contribution in [-0.2, 0) is 6.54 Å². The molecular formula is C10H11N7O. The van der Waals surface area contributed by atoms with E-state index in [-0.39, 0.29) is 18.1 Å². The zero-order chi connectivity index (χ0) is 12.8. The number of nitrogen functional groups attached to an aromatic ring is 1. The Hall–Kier alpha value is -2.61. The molecule has 0 saturated heterocycles. The molecule has 0 aliphatic carbocycles. The maximum Gasteiger partial charge on any atom is 0.271 e. The largest absolute Gasteiger partial charge is 0.345 e. The van der Waals surface area contributed by atoms with E-state index in [0.29, 0.717) is 11.5 Å². The van der Waals surface area contributed by atoms with Crippen LogP contribution >= 0.6 is 0 Å². The lowest BCUT2D eigenvalue weighted by Gasteiger charge is -2.04. The van der Waals surface area contributed by atoms with Crippen LogP contribution in [0.3, 0.4) is 0 Å². The number of carbonyl (C=O) groups is 1. The molecule has 1 amide bonds. The lowest BCUT2D eigenvalue weighted by Crippen LogP contribution is -2.25. The van der Waals surface area contributed by atoms with Crippen LogP contribution in [0.25, 0.3) is 0 Å². The molecule has 18 heavy (non-hydrogen) atoms. The Morgan fingerprint density at radius 3 is 3.00 bits per heavy atom. The fraction of sp³-hybridized carbons (Fsp3) is 0.100. The number of nitrogens with two attached hydrogens (primary N) is 1. The molecule has 0 atom stereocenters. The highest BCUT2D eigenvalue weighted by Gasteiger charge is 2.08. The van der Waals surface area contributed by atoms with Gasteiger partial charge >= 0.3 is 0 Å². The highest BCUT2D eigenvalue weighted by molar-refractivity contribution is 5.92. The molecule has 2 rings (SSSR count). The smallest absolute Gasteiger partial charge is 0.271 e. The van der Waals surface area contributed by atoms with Gasteiger partial charge in [0.1, 0.15) is 5.69 Å². The molecule has 0 saturated carbocycles. The van der Waals surface area contributed by atoms with E-state index in [1.165, 1.54) is 12.4 Å². The summed E-state index contributed by atoms with van der Waals surface area (Å²) in [6, 6.07) is 3.50. The third kappa shape index (κ3) is 2.95. The van der Waals surface area contributed by atoms with Crippen LogP contribution in [0.2, 0.25) is 0 Å². The molecule has 0 bridgehead atoms. The topological polar surface area (TPSA) is 119 Å². The number of nitrogens with zero attached hydrogens (tertiary/aromatic N) is 4. The SMILES string of the molecule is NNc1cncc(C(=O)NCc2cccnn2)n1. The van der Waals surface area contributed by atoms with Gasteiger partial charge in [-0.1, -0.05) is 0 Å². The van der Waals surface area contributed by atoms with Crippen molar-refractivity contribution in [2.75, 3.05) is 5.43 Å². The van der Waals surface area contributed by atoms with E-state index < -0.39 is 0 Å². The summed E-state index contributed by atoms with van der Waals surface area (Å²) in [5, 5.41) is 10.2. The Morgan fingerprint density at radius 2 is 2.28 bits per heavy atom. The van der Waals surface area contributed by atoms with E-state index >= 15 is 0 Å². The van der Waals surface area contributed by atoms with E-state index in [1.807, 2.05) is 0 Å². The minimum atomic E-state index is -0.356. The predicted octanol–water partition coefficient (Wildman–Crippen LogP) is -0.518. The van der Waals surface area contributed by atoms with Crippen molar-refractivity contribution in [2.45, 2.75) is 6.54 Å². The molecule has 0 aliphatic rings. The highest BCUT2D eigenvalue weighted by atomic mass is 16.1. The molecule has 0 unspecified atom stereocenters. The summed E-state index contributed by atoms with van der Waals surface area (Å²) in [5.74, 6) is 5.15. The summed E-state index contributed by atoms with van der Waals surface area (Å²) in [4.78, 5) is 19.6. The van der Waals surface area contributed by atoms with Gasteiger partial charge in [-0.05, 0) is 12.1 Å². The molecule has 92 valence electrons. The zero-order valence-corrected chi connectivity index (χ0v) is 9.37. The Balaban J connectivity index is 1.99. The number of aromatic nitrogens is 4. The minimum absolute atomic E-state index is 0.175. The average molecular weight is 245 g/mol. The highest BCUT2D eigenvalue weighted by Crippen LogP contribution is 2.00. The maximum atomic E-state index is 11.8. The fourth-order valence-electron chi connectivity index (χ4n) is 1.23. The molecule has 2 aromatic heterocycles. The predicted molar refractivity (Wildman–Crippen MR) is 63.0 cm³/mol. The molecule has 8 heteroatoms. The van der Waals surface area contributed by atoms with E-state index in [2.05, 4.69) is 30.9 Å². The summed E-state index contributed by atoms with van der Waals surface area (Å²) in [7, 11) is 0. The van der Waals surface area contributed by atoms with Gasteiger partial charge in [-0.3, -0.25) is 9.78 Å². The molecule has 0 fully saturated rings. The number of hydrogen-bond donors (Lipinski definition) is 3. The zero-order valence-electron chi connectivity index (χ0n) is 9.37. The summed E-state index contributed by atoms with van der Waals surface area (Å²) < 4.78 is 0. The molecule has 0 spiro atoms. The van der Waals surface area contributed by atoms with Crippen molar-refractivity contribution in [1.82, 2.24) is 25.5 Å². The van der Waals surface area contributed by atoms with Crippen molar-refractivity contribution in [3.05, 3.63) is 42.1 Å². The number of rotatable bonds is 4. The lowest BCUT2D eigenvalue weighted by atomic mass is 10.3. The van der Waals surface area contributed by atoms with Crippen LogP contribution in [0, 0.1) is 0 Å². The Kier molecular flexibility index (Phi) is 3.72. The second kappa shape index (κ2) is 5.64. The van der Waals surface area contributed by atoms with E-state index in [1.54, 1.807) is 18.3 Å². The summed E-state index contributed by atoms with van der Waals surface area (Å²) in [5.41, 5.74) is 3.15. The van der Waals surface area contributed by atoms with Gasteiger partial charge in [0.25, 0.3) is 5.91 Å². The van der Waals surface area contributed by atoms with Crippen LogP contribution < -0.4 is 16.6 Å². The van der Waals surface area contributed by atoms with E-state index in [0.717, 1.165) is 0 Å². The third-order valence-electron chi connectivity index (χ3n) is 2.07. The van der Waals surface area contributed by atoms with Crippen molar-refractivity contribution in [3.63, 3.8) is 0 Å². The van der Waals surface area contributed by atoms with Gasteiger partial charge in [-0.2, -0.15) is 10.2 Å². The van der Waals surface area contributed by atoms with Gasteiger partial charge in [0, 0.05) is 6.20 Å². The van der Waals surface area contributed by atoms with Gasteiger partial charge < -0.3 is 10.7 Å². The molecule has 4 N–H and O–H groups in total. The Morgan fingerprint density at radius 1 is 1.39 bits per heavy atom. The normalized spacial score (nSPS) is 9.83. The van der Waals surface area contributed by atoms with Gasteiger partial charge in [0.05, 0.1) is 24.6 Å². The van der Waals surface area contributed by atoms with Crippen LogP contribution in [0.5, 0.6) is 0 Å². The molecule has 2 aromatic rings. The lowest BCUT2D eigenvalue weighted by molar-refractivity contribution is 0.0945. The van der Waals surface area contributed by atoms with Gasteiger partial charge in [0.2, 0.25) is 0 Å². The standard InChI is InChI=1S/C10H11N7O/c11-16-9-6-12-5-8(15-9)10(18)13-4-7-2-1-3-14-17-7/h1-3,5-6H,4,11H2,(H,13,18)(H,15,16). The summed E-state index contributed by atoms with van der Waals surface area (Å²) in [6.07, 6.45) is 4.33. The number of nitrogens with one attached hydrogen (secondary N) is 2. The first-order valence-electron chi connectivity index (χ1n) is 5.13. The second-order valence-electron chi connectivity index (χ2n) is 3.33. The fourth-order valence-corrected chi connectivity index (χ4v) is 1.23. The third-order valence-corrected chi connectivity index (χ3v) is 2.07. The number of amides is 1. The quantitative estimate of drug-likeness (QED) is 0.490. The van der Waals surface area contributed by atoms with E-state index in [9.17, 15) is 4.79 Å². The Labute approximate surface area is 103 Å². The number of carbonyl (C=O) groups excluding carboxylic acids is 1.